The second kappa shape index (κ2) is 9.24. The van der Waals surface area contributed by atoms with Gasteiger partial charge >= 0.3 is 0 Å². The normalized spacial score (nSPS) is 15.1. The van der Waals surface area contributed by atoms with Gasteiger partial charge in [-0.05, 0) is 54.2 Å². The Kier molecular flexibility index (Phi) is 5.84. The van der Waals surface area contributed by atoms with E-state index >= 15 is 0 Å². The summed E-state index contributed by atoms with van der Waals surface area (Å²) in [4.78, 5) is 27.1. The second-order valence-corrected chi connectivity index (χ2v) is 8.27. The van der Waals surface area contributed by atoms with Crippen molar-refractivity contribution < 1.29 is 9.59 Å². The zero-order valence-corrected chi connectivity index (χ0v) is 18.8. The molecular formula is C28H24N4O2. The molecule has 5 rings (SSSR count). The zero-order valence-electron chi connectivity index (χ0n) is 18.8. The summed E-state index contributed by atoms with van der Waals surface area (Å²) in [5, 5.41) is 10.8. The number of nitrogens with zero attached hydrogens (tertiary/aromatic N) is 2. The molecule has 34 heavy (non-hydrogen) atoms. The third-order valence-electron chi connectivity index (χ3n) is 6.20. The van der Waals surface area contributed by atoms with Crippen LogP contribution < -0.4 is 5.32 Å². The minimum absolute atomic E-state index is 0.126. The first-order valence-corrected chi connectivity index (χ1v) is 11.3. The largest absolute Gasteiger partial charge is 0.357 e. The number of likely N-dealkylation sites (N-methyl/N-ethyl adjacent to an activating group) is 1. The Morgan fingerprint density at radius 3 is 2.65 bits per heavy atom. The highest BCUT2D eigenvalue weighted by atomic mass is 16.2. The molecule has 2 amide bonds. The Morgan fingerprint density at radius 2 is 1.82 bits per heavy atom. The van der Waals surface area contributed by atoms with E-state index in [9.17, 15) is 9.59 Å². The van der Waals surface area contributed by atoms with E-state index in [1.165, 1.54) is 0 Å². The third kappa shape index (κ3) is 4.04. The third-order valence-corrected chi connectivity index (χ3v) is 6.20. The Labute approximate surface area is 198 Å². The summed E-state index contributed by atoms with van der Waals surface area (Å²) in [5.41, 5.74) is 4.97. The van der Waals surface area contributed by atoms with Gasteiger partial charge in [0.05, 0.1) is 5.52 Å². The Hall–Kier alpha value is -4.37. The highest BCUT2D eigenvalue weighted by molar-refractivity contribution is 6.01. The molecule has 2 heterocycles. The molecule has 1 aliphatic heterocycles. The Morgan fingerprint density at radius 1 is 1.03 bits per heavy atom. The van der Waals surface area contributed by atoms with Crippen molar-refractivity contribution >= 4 is 22.7 Å². The number of H-pyrrole nitrogens is 1. The summed E-state index contributed by atoms with van der Waals surface area (Å²) < 4.78 is 0. The van der Waals surface area contributed by atoms with Crippen LogP contribution in [0.15, 0.2) is 72.8 Å². The summed E-state index contributed by atoms with van der Waals surface area (Å²) in [6.07, 6.45) is 1.49. The number of carbonyl (C=O) groups excluding carboxylic acids is 2. The van der Waals surface area contributed by atoms with Crippen LogP contribution >= 0.6 is 0 Å². The van der Waals surface area contributed by atoms with E-state index in [2.05, 4.69) is 45.6 Å². The van der Waals surface area contributed by atoms with Gasteiger partial charge in [0.2, 0.25) is 5.91 Å². The van der Waals surface area contributed by atoms with Gasteiger partial charge in [-0.15, -0.1) is 0 Å². The number of carbonyl (C=O) groups is 2. The van der Waals surface area contributed by atoms with Crippen LogP contribution in [0.25, 0.3) is 22.0 Å². The number of amides is 2. The van der Waals surface area contributed by atoms with Crippen molar-refractivity contribution in [1.82, 2.24) is 20.4 Å². The topological polar surface area (TPSA) is 78.1 Å². The van der Waals surface area contributed by atoms with Crippen LogP contribution in [0, 0.1) is 11.8 Å². The van der Waals surface area contributed by atoms with E-state index in [4.69, 9.17) is 0 Å². The van der Waals surface area contributed by atoms with Crippen molar-refractivity contribution in [3.05, 3.63) is 89.6 Å². The number of nitrogens with one attached hydrogen (secondary N) is 2. The van der Waals surface area contributed by atoms with Gasteiger partial charge in [0, 0.05) is 30.1 Å². The molecule has 1 atom stereocenters. The Bertz CT molecular complexity index is 1430. The number of fused-ring (bicyclic) bond motifs is 1. The van der Waals surface area contributed by atoms with Gasteiger partial charge in [-0.1, -0.05) is 54.5 Å². The maximum Gasteiger partial charge on any atom is 0.254 e. The van der Waals surface area contributed by atoms with E-state index < -0.39 is 6.04 Å². The van der Waals surface area contributed by atoms with Crippen molar-refractivity contribution in [3.63, 3.8) is 0 Å². The molecule has 1 fully saturated rings. The number of aromatic amines is 1. The smallest absolute Gasteiger partial charge is 0.254 e. The van der Waals surface area contributed by atoms with Crippen LogP contribution in [0.2, 0.25) is 0 Å². The van der Waals surface area contributed by atoms with E-state index in [0.717, 1.165) is 34.0 Å². The predicted molar refractivity (Wildman–Crippen MR) is 132 cm³/mol. The van der Waals surface area contributed by atoms with E-state index in [1.807, 2.05) is 48.5 Å². The average molecular weight is 449 g/mol. The lowest BCUT2D eigenvalue weighted by atomic mass is 10.00. The summed E-state index contributed by atoms with van der Waals surface area (Å²) in [6, 6.07) is 23.1. The fourth-order valence-electron chi connectivity index (χ4n) is 4.45. The van der Waals surface area contributed by atoms with Crippen LogP contribution in [-0.2, 0) is 4.79 Å². The summed E-state index contributed by atoms with van der Waals surface area (Å²) in [6.45, 7) is 0.573. The molecule has 0 spiro atoms. The number of hydrogen-bond acceptors (Lipinski definition) is 3. The second-order valence-electron chi connectivity index (χ2n) is 8.27. The van der Waals surface area contributed by atoms with E-state index in [1.54, 1.807) is 18.0 Å². The van der Waals surface area contributed by atoms with Crippen LogP contribution in [0.5, 0.6) is 0 Å². The number of aromatic nitrogens is 2. The van der Waals surface area contributed by atoms with Gasteiger partial charge in [0.1, 0.15) is 11.7 Å². The summed E-state index contributed by atoms with van der Waals surface area (Å²) in [5.74, 6) is 6.17. The van der Waals surface area contributed by atoms with Crippen molar-refractivity contribution in [2.75, 3.05) is 13.6 Å². The minimum atomic E-state index is -0.425. The maximum absolute atomic E-state index is 13.2. The Balaban J connectivity index is 1.48. The van der Waals surface area contributed by atoms with Gasteiger partial charge in [0.15, 0.2) is 0 Å². The van der Waals surface area contributed by atoms with Crippen molar-refractivity contribution in [3.8, 4) is 23.0 Å². The molecule has 1 aromatic heterocycles. The zero-order chi connectivity index (χ0) is 23.5. The molecule has 6 nitrogen and oxygen atoms in total. The lowest BCUT2D eigenvalue weighted by Gasteiger charge is -2.23. The molecule has 0 bridgehead atoms. The van der Waals surface area contributed by atoms with Gasteiger partial charge in [0.25, 0.3) is 5.91 Å². The fraction of sp³-hybridized carbons (Fsp3) is 0.179. The molecule has 1 aliphatic rings. The van der Waals surface area contributed by atoms with Crippen molar-refractivity contribution in [2.45, 2.75) is 18.9 Å². The monoisotopic (exact) mass is 448 g/mol. The standard InChI is InChI=1S/C28H24N4O2/c1-29-27(33)26-12-7-17-32(26)28(34)21-14-16-25-23(18-21)24(30-31-25)15-13-20-10-5-6-11-22(20)19-8-3-2-4-9-19/h2-6,8-11,14,16,18,26H,7,12,17H2,1H3,(H,29,33)(H,30,31)/t26-/m0/s1. The van der Waals surface area contributed by atoms with Crippen LogP contribution in [0.4, 0.5) is 0 Å². The lowest BCUT2D eigenvalue weighted by molar-refractivity contribution is -0.124. The average Bonchev–Trinajstić information content (AvgIpc) is 3.54. The lowest BCUT2D eigenvalue weighted by Crippen LogP contribution is -2.44. The number of hydrogen-bond donors (Lipinski definition) is 2. The van der Waals surface area contributed by atoms with Crippen molar-refractivity contribution in [2.24, 2.45) is 0 Å². The molecule has 0 saturated carbocycles. The molecular weight excluding hydrogens is 424 g/mol. The first-order valence-electron chi connectivity index (χ1n) is 11.3. The van der Waals surface area contributed by atoms with Crippen molar-refractivity contribution in [1.29, 1.82) is 0 Å². The van der Waals surface area contributed by atoms with Crippen LogP contribution in [0.3, 0.4) is 0 Å². The summed E-state index contributed by atoms with van der Waals surface area (Å²) >= 11 is 0. The first kappa shape index (κ1) is 21.5. The molecule has 6 heteroatoms. The molecule has 0 radical (unpaired) electrons. The van der Waals surface area contributed by atoms with Crippen LogP contribution in [-0.4, -0.2) is 46.5 Å². The molecule has 0 aliphatic carbocycles. The predicted octanol–water partition coefficient (Wildman–Crippen LogP) is 3.98. The molecule has 3 aromatic carbocycles. The van der Waals surface area contributed by atoms with Crippen LogP contribution in [0.1, 0.15) is 34.5 Å². The first-order chi connectivity index (χ1) is 16.7. The minimum Gasteiger partial charge on any atom is -0.357 e. The van der Waals surface area contributed by atoms with Gasteiger partial charge in [-0.2, -0.15) is 5.10 Å². The highest BCUT2D eigenvalue weighted by Crippen LogP contribution is 2.25. The number of benzene rings is 3. The number of likely N-dealkylation sites (tertiary alicyclic amines) is 1. The molecule has 168 valence electrons. The molecule has 0 unspecified atom stereocenters. The number of rotatable bonds is 3. The van der Waals surface area contributed by atoms with Gasteiger partial charge in [-0.25, -0.2) is 0 Å². The SMILES string of the molecule is CNC(=O)[C@@H]1CCCN1C(=O)c1ccc2[nH]nc(C#Cc3ccccc3-c3ccccc3)c2c1. The molecule has 2 N–H and O–H groups in total. The van der Waals surface area contributed by atoms with Gasteiger partial charge < -0.3 is 10.2 Å². The highest BCUT2D eigenvalue weighted by Gasteiger charge is 2.34. The fourth-order valence-corrected chi connectivity index (χ4v) is 4.45. The molecule has 4 aromatic rings. The molecule has 1 saturated heterocycles. The quantitative estimate of drug-likeness (QED) is 0.466. The maximum atomic E-state index is 13.2. The summed E-state index contributed by atoms with van der Waals surface area (Å²) in [7, 11) is 1.60. The van der Waals surface area contributed by atoms with E-state index in [-0.39, 0.29) is 11.8 Å². The van der Waals surface area contributed by atoms with Gasteiger partial charge in [-0.3, -0.25) is 14.7 Å². The van der Waals surface area contributed by atoms with E-state index in [0.29, 0.717) is 24.2 Å².